The van der Waals surface area contributed by atoms with E-state index in [-0.39, 0.29) is 6.42 Å². The molecule has 0 heterocycles. The standard InChI is InChI=1S/C43H73NO5S/c1-3-5-7-9-11-13-15-17-19-20-21-22-23-25-26-28-30-32-34-36-38-42(45)41(40-50(47,48)49)44-43(46)39-37-35-33-31-29-27-24-18-16-14-12-10-8-6-4-2/h6,8,12,14,18,24,28-31,35-38,41-42,45H,3-5,7,9-11,13,15-17,19-23,25-27,32-34,39-40H2,1-2H3,(H,44,46)(H,47,48,49)/b8-6-,14-12-,24-18-,30-28+,31-29-,37-35-,38-36+. The highest BCUT2D eigenvalue weighted by molar-refractivity contribution is 7.85. The zero-order valence-corrected chi connectivity index (χ0v) is 32.6. The van der Waals surface area contributed by atoms with Gasteiger partial charge in [0.05, 0.1) is 17.9 Å². The van der Waals surface area contributed by atoms with Crippen molar-refractivity contribution in [3.63, 3.8) is 0 Å². The van der Waals surface area contributed by atoms with Crippen LogP contribution in [0, 0.1) is 0 Å². The number of unbranched alkanes of at least 4 members (excludes halogenated alkanes) is 15. The molecule has 0 aromatic heterocycles. The summed E-state index contributed by atoms with van der Waals surface area (Å²) in [6.07, 6.45) is 53.1. The average molecular weight is 716 g/mol. The van der Waals surface area contributed by atoms with Gasteiger partial charge in [-0.25, -0.2) is 0 Å². The third kappa shape index (κ3) is 36.8. The Hall–Kier alpha value is -2.48. The van der Waals surface area contributed by atoms with Gasteiger partial charge in [-0.3, -0.25) is 9.35 Å². The van der Waals surface area contributed by atoms with Crippen LogP contribution in [0.4, 0.5) is 0 Å². The van der Waals surface area contributed by atoms with E-state index in [2.05, 4.69) is 73.8 Å². The molecule has 0 aliphatic heterocycles. The van der Waals surface area contributed by atoms with Gasteiger partial charge in [0.1, 0.15) is 0 Å². The van der Waals surface area contributed by atoms with Crippen LogP contribution in [-0.2, 0) is 14.9 Å². The highest BCUT2D eigenvalue weighted by Gasteiger charge is 2.24. The lowest BCUT2D eigenvalue weighted by Crippen LogP contribution is -2.46. The van der Waals surface area contributed by atoms with Gasteiger partial charge < -0.3 is 10.4 Å². The lowest BCUT2D eigenvalue weighted by molar-refractivity contribution is -0.121. The zero-order chi connectivity index (χ0) is 36.8. The van der Waals surface area contributed by atoms with Gasteiger partial charge in [0.2, 0.25) is 5.91 Å². The minimum Gasteiger partial charge on any atom is -0.387 e. The number of aliphatic hydroxyl groups excluding tert-OH is 1. The second-order valence-corrected chi connectivity index (χ2v) is 14.7. The molecule has 0 saturated carbocycles. The lowest BCUT2D eigenvalue weighted by Gasteiger charge is -2.20. The summed E-state index contributed by atoms with van der Waals surface area (Å²) < 4.78 is 32.4. The van der Waals surface area contributed by atoms with E-state index in [1.54, 1.807) is 12.2 Å². The number of aliphatic hydroxyl groups is 1. The van der Waals surface area contributed by atoms with Crippen LogP contribution < -0.4 is 5.32 Å². The van der Waals surface area contributed by atoms with Crippen LogP contribution in [-0.4, -0.2) is 41.9 Å². The van der Waals surface area contributed by atoms with Crippen LogP contribution in [0.5, 0.6) is 0 Å². The van der Waals surface area contributed by atoms with Gasteiger partial charge >= 0.3 is 0 Å². The molecule has 3 N–H and O–H groups in total. The Morgan fingerprint density at radius 3 is 1.46 bits per heavy atom. The minimum atomic E-state index is -4.39. The van der Waals surface area contributed by atoms with Crippen molar-refractivity contribution in [1.29, 1.82) is 0 Å². The Labute approximate surface area is 307 Å². The Balaban J connectivity index is 4.12. The smallest absolute Gasteiger partial charge is 0.267 e. The molecule has 2 atom stereocenters. The maximum absolute atomic E-state index is 12.4. The van der Waals surface area contributed by atoms with Crippen molar-refractivity contribution in [3.8, 4) is 0 Å². The Morgan fingerprint density at radius 2 is 0.980 bits per heavy atom. The van der Waals surface area contributed by atoms with E-state index in [1.165, 1.54) is 96.0 Å². The predicted octanol–water partition coefficient (Wildman–Crippen LogP) is 11.6. The topological polar surface area (TPSA) is 104 Å². The summed E-state index contributed by atoms with van der Waals surface area (Å²) in [6.45, 7) is 4.40. The van der Waals surface area contributed by atoms with Gasteiger partial charge in [-0.1, -0.05) is 182 Å². The molecule has 7 heteroatoms. The first-order valence-corrected chi connectivity index (χ1v) is 21.4. The summed E-state index contributed by atoms with van der Waals surface area (Å²) in [6, 6.07) is -1.13. The van der Waals surface area contributed by atoms with Crippen LogP contribution in [0.3, 0.4) is 0 Å². The molecule has 0 radical (unpaired) electrons. The highest BCUT2D eigenvalue weighted by Crippen LogP contribution is 2.13. The van der Waals surface area contributed by atoms with E-state index in [1.807, 2.05) is 12.2 Å². The third-order valence-electron chi connectivity index (χ3n) is 8.33. The van der Waals surface area contributed by atoms with E-state index in [4.69, 9.17) is 0 Å². The number of carbonyl (C=O) groups is 1. The zero-order valence-electron chi connectivity index (χ0n) is 31.7. The lowest BCUT2D eigenvalue weighted by atomic mass is 10.0. The van der Waals surface area contributed by atoms with Crippen molar-refractivity contribution < 1.29 is 22.9 Å². The van der Waals surface area contributed by atoms with Crippen LogP contribution in [0.2, 0.25) is 0 Å². The number of rotatable bonds is 34. The molecular weight excluding hydrogens is 643 g/mol. The van der Waals surface area contributed by atoms with Crippen LogP contribution in [0.25, 0.3) is 0 Å². The first kappa shape index (κ1) is 47.5. The van der Waals surface area contributed by atoms with Crippen molar-refractivity contribution in [2.45, 2.75) is 174 Å². The first-order valence-electron chi connectivity index (χ1n) is 19.8. The largest absolute Gasteiger partial charge is 0.387 e. The molecule has 0 aliphatic carbocycles. The van der Waals surface area contributed by atoms with E-state index in [0.29, 0.717) is 12.8 Å². The second-order valence-electron chi connectivity index (χ2n) is 13.2. The van der Waals surface area contributed by atoms with Gasteiger partial charge in [0.25, 0.3) is 10.1 Å². The fourth-order valence-electron chi connectivity index (χ4n) is 5.41. The van der Waals surface area contributed by atoms with Gasteiger partial charge in [-0.15, -0.1) is 0 Å². The summed E-state index contributed by atoms with van der Waals surface area (Å²) in [5.74, 6) is -1.17. The number of carbonyl (C=O) groups excluding carboxylic acids is 1. The Bertz CT molecular complexity index is 1100. The molecule has 50 heavy (non-hydrogen) atoms. The molecule has 0 fully saturated rings. The summed E-state index contributed by atoms with van der Waals surface area (Å²) in [4.78, 5) is 12.4. The molecular formula is C43H73NO5S. The third-order valence-corrected chi connectivity index (χ3v) is 9.11. The summed E-state index contributed by atoms with van der Waals surface area (Å²) in [5.41, 5.74) is 0. The summed E-state index contributed by atoms with van der Waals surface area (Å²) in [7, 11) is -4.39. The number of hydrogen-bond donors (Lipinski definition) is 3. The quantitative estimate of drug-likeness (QED) is 0.0349. The van der Waals surface area contributed by atoms with Crippen molar-refractivity contribution in [2.24, 2.45) is 0 Å². The summed E-state index contributed by atoms with van der Waals surface area (Å²) in [5, 5.41) is 13.1. The molecule has 1 amide bonds. The second kappa shape index (κ2) is 36.3. The number of nitrogens with one attached hydrogen (secondary N) is 1. The van der Waals surface area contributed by atoms with Crippen molar-refractivity contribution >= 4 is 16.0 Å². The first-order chi connectivity index (χ1) is 24.3. The molecule has 0 bridgehead atoms. The molecule has 2 unspecified atom stereocenters. The van der Waals surface area contributed by atoms with E-state index in [0.717, 1.165) is 38.5 Å². The number of allylic oxidation sites excluding steroid dienone is 12. The Kier molecular flexibility index (Phi) is 34.5. The normalized spacial score (nSPS) is 14.2. The Morgan fingerprint density at radius 1 is 0.560 bits per heavy atom. The van der Waals surface area contributed by atoms with E-state index < -0.39 is 33.9 Å². The molecule has 0 aliphatic rings. The van der Waals surface area contributed by atoms with Crippen LogP contribution in [0.1, 0.15) is 162 Å². The van der Waals surface area contributed by atoms with Crippen molar-refractivity contribution in [3.05, 3.63) is 85.1 Å². The molecule has 0 rings (SSSR count). The summed E-state index contributed by atoms with van der Waals surface area (Å²) >= 11 is 0. The number of hydrogen-bond acceptors (Lipinski definition) is 4. The molecule has 0 aromatic carbocycles. The van der Waals surface area contributed by atoms with Crippen molar-refractivity contribution in [1.82, 2.24) is 5.32 Å². The molecule has 6 nitrogen and oxygen atoms in total. The maximum atomic E-state index is 12.4. The van der Waals surface area contributed by atoms with E-state index >= 15 is 0 Å². The molecule has 0 aromatic rings. The van der Waals surface area contributed by atoms with Crippen LogP contribution >= 0.6 is 0 Å². The number of amides is 1. The fourth-order valence-corrected chi connectivity index (χ4v) is 6.15. The fraction of sp³-hybridized carbons (Fsp3) is 0.651. The van der Waals surface area contributed by atoms with Gasteiger partial charge in [-0.2, -0.15) is 8.42 Å². The molecule has 0 spiro atoms. The highest BCUT2D eigenvalue weighted by atomic mass is 32.2. The minimum absolute atomic E-state index is 0.0516. The monoisotopic (exact) mass is 716 g/mol. The van der Waals surface area contributed by atoms with Crippen molar-refractivity contribution in [2.75, 3.05) is 5.75 Å². The van der Waals surface area contributed by atoms with Crippen LogP contribution in [0.15, 0.2) is 85.1 Å². The van der Waals surface area contributed by atoms with Gasteiger partial charge in [0, 0.05) is 6.42 Å². The average Bonchev–Trinajstić information content (AvgIpc) is 3.08. The molecule has 0 saturated heterocycles. The predicted molar refractivity (Wildman–Crippen MR) is 216 cm³/mol. The molecule has 286 valence electrons. The van der Waals surface area contributed by atoms with E-state index in [9.17, 15) is 22.9 Å². The van der Waals surface area contributed by atoms with Gasteiger partial charge in [0.15, 0.2) is 0 Å². The SMILES string of the molecule is CC/C=C\C/C=C\C/C=C\C/C=C\C/C=C\CC(=O)NC(CS(=O)(=O)O)C(O)/C=C/CC/C=C/CCCCCCCCCCCCCCCC. The van der Waals surface area contributed by atoms with Gasteiger partial charge in [-0.05, 0) is 57.8 Å². The maximum Gasteiger partial charge on any atom is 0.267 e.